The molecule has 2 aliphatic rings. The van der Waals surface area contributed by atoms with E-state index < -0.39 is 15.7 Å². The summed E-state index contributed by atoms with van der Waals surface area (Å²) < 4.78 is 42.5. The Morgan fingerprint density at radius 1 is 1.06 bits per heavy atom. The number of piperidine rings is 2. The zero-order chi connectivity index (χ0) is 25.3. The van der Waals surface area contributed by atoms with Crippen LogP contribution in [0.3, 0.4) is 0 Å². The Hall–Kier alpha value is -2.85. The van der Waals surface area contributed by atoms with Crippen LogP contribution in [-0.2, 0) is 21.1 Å². The van der Waals surface area contributed by atoms with E-state index in [4.69, 9.17) is 4.98 Å². The molecule has 1 atom stereocenters. The standard InChI is InChI=1S/C26H29FN4O3S2/c1-36(33,34)22-10-9-19(23(27)17-22)16-20-8-5-13-31(25(20)32)21-11-14-30(15-12-21)26-28-24(29-35-26)18-6-3-2-4-7-18/h2-4,6-7,9-10,17,20-21H,5,8,11-16H2,1H3/t20-/m1/s1. The molecule has 2 aliphatic heterocycles. The Balaban J connectivity index is 1.20. The molecule has 2 saturated heterocycles. The molecule has 36 heavy (non-hydrogen) atoms. The van der Waals surface area contributed by atoms with Crippen molar-refractivity contribution >= 4 is 32.4 Å². The molecule has 2 aromatic carbocycles. The van der Waals surface area contributed by atoms with Crippen molar-refractivity contribution in [2.24, 2.45) is 5.92 Å². The predicted molar refractivity (Wildman–Crippen MR) is 138 cm³/mol. The van der Waals surface area contributed by atoms with Crippen LogP contribution in [0.2, 0.25) is 0 Å². The Labute approximate surface area is 215 Å². The molecule has 2 fully saturated rings. The van der Waals surface area contributed by atoms with Gasteiger partial charge in [-0.15, -0.1) is 0 Å². The first-order valence-electron chi connectivity index (χ1n) is 12.2. The van der Waals surface area contributed by atoms with E-state index in [2.05, 4.69) is 9.27 Å². The second-order valence-corrected chi connectivity index (χ2v) is 12.3. The number of carbonyl (C=O) groups is 1. The van der Waals surface area contributed by atoms with Gasteiger partial charge in [0.25, 0.3) is 0 Å². The van der Waals surface area contributed by atoms with Crippen LogP contribution in [0.4, 0.5) is 9.52 Å². The number of likely N-dealkylation sites (tertiary alicyclic amines) is 1. The highest BCUT2D eigenvalue weighted by atomic mass is 32.2. The maximum atomic E-state index is 14.6. The van der Waals surface area contributed by atoms with Gasteiger partial charge in [-0.2, -0.15) is 9.36 Å². The predicted octanol–water partition coefficient (Wildman–Crippen LogP) is 4.20. The summed E-state index contributed by atoms with van der Waals surface area (Å²) in [6.45, 7) is 2.35. The molecular formula is C26H29FN4O3S2. The SMILES string of the molecule is CS(=O)(=O)c1ccc(C[C@H]2CCCN(C3CCN(c4nc(-c5ccccc5)ns4)CC3)C2=O)c(F)c1. The third kappa shape index (κ3) is 5.29. The minimum absolute atomic E-state index is 0.0431. The molecule has 5 rings (SSSR count). The molecule has 0 N–H and O–H groups in total. The van der Waals surface area contributed by atoms with E-state index in [0.29, 0.717) is 12.0 Å². The lowest BCUT2D eigenvalue weighted by molar-refractivity contribution is -0.141. The van der Waals surface area contributed by atoms with E-state index in [1.165, 1.54) is 23.7 Å². The quantitative estimate of drug-likeness (QED) is 0.477. The fraction of sp³-hybridized carbons (Fsp3) is 0.423. The molecule has 7 nitrogen and oxygen atoms in total. The summed E-state index contributed by atoms with van der Waals surface area (Å²) in [7, 11) is -3.47. The van der Waals surface area contributed by atoms with E-state index in [1.807, 2.05) is 35.2 Å². The summed E-state index contributed by atoms with van der Waals surface area (Å²) in [4.78, 5) is 22.3. The van der Waals surface area contributed by atoms with Crippen molar-refractivity contribution in [3.05, 3.63) is 59.9 Å². The topological polar surface area (TPSA) is 83.5 Å². The third-order valence-electron chi connectivity index (χ3n) is 7.13. The Kier molecular flexibility index (Phi) is 7.07. The molecule has 10 heteroatoms. The van der Waals surface area contributed by atoms with Crippen LogP contribution in [0.1, 0.15) is 31.2 Å². The monoisotopic (exact) mass is 528 g/mol. The number of nitrogens with zero attached hydrogens (tertiary/aromatic N) is 4. The highest BCUT2D eigenvalue weighted by molar-refractivity contribution is 7.90. The fourth-order valence-electron chi connectivity index (χ4n) is 5.14. The van der Waals surface area contributed by atoms with Gasteiger partial charge in [-0.05, 0) is 49.8 Å². The molecule has 0 saturated carbocycles. The van der Waals surface area contributed by atoms with Crippen LogP contribution in [0, 0.1) is 11.7 Å². The van der Waals surface area contributed by atoms with Gasteiger partial charge >= 0.3 is 0 Å². The van der Waals surface area contributed by atoms with Gasteiger partial charge in [0.15, 0.2) is 15.7 Å². The van der Waals surface area contributed by atoms with Crippen molar-refractivity contribution in [3.8, 4) is 11.4 Å². The highest BCUT2D eigenvalue weighted by Crippen LogP contribution is 2.31. The zero-order valence-electron chi connectivity index (χ0n) is 20.1. The third-order valence-corrected chi connectivity index (χ3v) is 9.01. The number of benzene rings is 2. The van der Waals surface area contributed by atoms with Gasteiger partial charge in [0.05, 0.1) is 4.90 Å². The number of sulfone groups is 1. The first-order chi connectivity index (χ1) is 17.3. The van der Waals surface area contributed by atoms with Crippen molar-refractivity contribution in [1.29, 1.82) is 0 Å². The number of carbonyl (C=O) groups excluding carboxylic acids is 1. The Morgan fingerprint density at radius 2 is 1.81 bits per heavy atom. The molecule has 3 aromatic rings. The first kappa shape index (κ1) is 24.8. The van der Waals surface area contributed by atoms with Crippen LogP contribution in [0.25, 0.3) is 11.4 Å². The molecule has 0 bridgehead atoms. The van der Waals surface area contributed by atoms with Gasteiger partial charge in [0.1, 0.15) is 5.82 Å². The van der Waals surface area contributed by atoms with Crippen molar-refractivity contribution < 1.29 is 17.6 Å². The average Bonchev–Trinajstić information content (AvgIpc) is 3.37. The summed E-state index contributed by atoms with van der Waals surface area (Å²) in [5.41, 5.74) is 1.39. The second-order valence-electron chi connectivity index (χ2n) is 9.59. The molecule has 1 aromatic heterocycles. The number of hydrogen-bond donors (Lipinski definition) is 0. The van der Waals surface area contributed by atoms with E-state index in [1.54, 1.807) is 0 Å². The number of halogens is 1. The van der Waals surface area contributed by atoms with Gasteiger partial charge in [0, 0.05) is 54.9 Å². The number of aromatic nitrogens is 2. The van der Waals surface area contributed by atoms with E-state index >= 15 is 0 Å². The van der Waals surface area contributed by atoms with Crippen molar-refractivity contribution in [3.63, 3.8) is 0 Å². The molecule has 190 valence electrons. The average molecular weight is 529 g/mol. The smallest absolute Gasteiger partial charge is 0.226 e. The summed E-state index contributed by atoms with van der Waals surface area (Å²) >= 11 is 1.40. The summed E-state index contributed by atoms with van der Waals surface area (Å²) in [6.07, 6.45) is 4.66. The summed E-state index contributed by atoms with van der Waals surface area (Å²) in [5.74, 6) is -0.0350. The molecule has 3 heterocycles. The van der Waals surface area contributed by atoms with Gasteiger partial charge in [-0.3, -0.25) is 4.79 Å². The number of amides is 1. The lowest BCUT2D eigenvalue weighted by atomic mass is 9.88. The van der Waals surface area contributed by atoms with Crippen LogP contribution < -0.4 is 4.90 Å². The molecule has 0 spiro atoms. The van der Waals surface area contributed by atoms with Crippen molar-refractivity contribution in [1.82, 2.24) is 14.3 Å². The second kappa shape index (κ2) is 10.3. The van der Waals surface area contributed by atoms with Crippen LogP contribution in [-0.4, -0.2) is 60.5 Å². The summed E-state index contributed by atoms with van der Waals surface area (Å²) in [6, 6.07) is 14.1. The maximum absolute atomic E-state index is 14.6. The molecule has 0 unspecified atom stereocenters. The lowest BCUT2D eigenvalue weighted by Gasteiger charge is -2.42. The van der Waals surface area contributed by atoms with Crippen molar-refractivity contribution in [2.45, 2.75) is 43.0 Å². The van der Waals surface area contributed by atoms with E-state index in [-0.39, 0.29) is 29.2 Å². The van der Waals surface area contributed by atoms with E-state index in [0.717, 1.165) is 67.7 Å². The van der Waals surface area contributed by atoms with Crippen LogP contribution in [0.5, 0.6) is 0 Å². The number of anilines is 1. The Bertz CT molecular complexity index is 1340. The van der Waals surface area contributed by atoms with Crippen LogP contribution in [0.15, 0.2) is 53.4 Å². The maximum Gasteiger partial charge on any atom is 0.226 e. The van der Waals surface area contributed by atoms with Gasteiger partial charge in [-0.25, -0.2) is 12.8 Å². The van der Waals surface area contributed by atoms with Gasteiger partial charge in [-0.1, -0.05) is 36.4 Å². The molecule has 0 aliphatic carbocycles. The normalized spacial score (nSPS) is 19.6. The first-order valence-corrected chi connectivity index (χ1v) is 14.9. The molecular weight excluding hydrogens is 499 g/mol. The van der Waals surface area contributed by atoms with Crippen molar-refractivity contribution in [2.75, 3.05) is 30.8 Å². The van der Waals surface area contributed by atoms with E-state index in [9.17, 15) is 17.6 Å². The van der Waals surface area contributed by atoms with Crippen LogP contribution >= 0.6 is 11.5 Å². The molecule has 0 radical (unpaired) electrons. The minimum Gasteiger partial charge on any atom is -0.347 e. The number of hydrogen-bond acceptors (Lipinski definition) is 7. The van der Waals surface area contributed by atoms with Gasteiger partial charge in [0.2, 0.25) is 11.0 Å². The Morgan fingerprint density at radius 3 is 2.50 bits per heavy atom. The summed E-state index contributed by atoms with van der Waals surface area (Å²) in [5, 5.41) is 0.906. The molecule has 1 amide bonds. The highest BCUT2D eigenvalue weighted by Gasteiger charge is 2.35. The largest absolute Gasteiger partial charge is 0.347 e. The zero-order valence-corrected chi connectivity index (χ0v) is 21.8. The lowest BCUT2D eigenvalue weighted by Crippen LogP contribution is -2.52. The fourth-order valence-corrected chi connectivity index (χ4v) is 6.51. The number of rotatable bonds is 6. The minimum atomic E-state index is -3.47. The van der Waals surface area contributed by atoms with Gasteiger partial charge < -0.3 is 9.80 Å².